The lowest BCUT2D eigenvalue weighted by Gasteiger charge is -2.40. The van der Waals surface area contributed by atoms with Crippen LogP contribution in [0.15, 0.2) is 30.3 Å². The number of amides is 1. The quantitative estimate of drug-likeness (QED) is 0.447. The first-order chi connectivity index (χ1) is 9.54. The maximum Gasteiger partial charge on any atom is 0.251 e. The van der Waals surface area contributed by atoms with Crippen LogP contribution in [0, 0.1) is 0 Å². The molecule has 7 nitrogen and oxygen atoms in total. The van der Waals surface area contributed by atoms with Gasteiger partial charge >= 0.3 is 0 Å². The molecule has 0 spiro atoms. The van der Waals surface area contributed by atoms with E-state index in [1.807, 2.05) is 0 Å². The maximum absolute atomic E-state index is 11.9. The van der Waals surface area contributed by atoms with Crippen molar-refractivity contribution >= 4 is 5.91 Å². The first-order valence-corrected chi connectivity index (χ1v) is 6.21. The summed E-state index contributed by atoms with van der Waals surface area (Å²) in [5.41, 5.74) is 0.352. The maximum atomic E-state index is 11.9. The number of carbonyl (C=O) groups excluding carboxylic acids is 1. The predicted octanol–water partition coefficient (Wildman–Crippen LogP) is -1.78. The summed E-state index contributed by atoms with van der Waals surface area (Å²) >= 11 is 0. The third-order valence-electron chi connectivity index (χ3n) is 3.23. The topological polar surface area (TPSA) is 119 Å². The van der Waals surface area contributed by atoms with Gasteiger partial charge in [0.05, 0.1) is 6.61 Å². The number of hydrogen-bond donors (Lipinski definition) is 5. The molecular weight excluding hydrogens is 266 g/mol. The monoisotopic (exact) mass is 283 g/mol. The van der Waals surface area contributed by atoms with E-state index in [0.717, 1.165) is 0 Å². The summed E-state index contributed by atoms with van der Waals surface area (Å²) < 4.78 is 4.95. The molecule has 1 amide bonds. The summed E-state index contributed by atoms with van der Waals surface area (Å²) in [6, 6.07) is 7.07. The average molecular weight is 283 g/mol. The van der Waals surface area contributed by atoms with Crippen molar-refractivity contribution in [3.8, 4) is 0 Å². The van der Waals surface area contributed by atoms with E-state index in [0.29, 0.717) is 5.56 Å². The van der Waals surface area contributed by atoms with Crippen LogP contribution < -0.4 is 5.32 Å². The van der Waals surface area contributed by atoms with Gasteiger partial charge < -0.3 is 30.5 Å². The molecule has 1 aromatic rings. The third-order valence-corrected chi connectivity index (χ3v) is 3.23. The normalized spacial score (nSPS) is 33.7. The molecule has 1 aromatic carbocycles. The molecule has 1 saturated heterocycles. The van der Waals surface area contributed by atoms with E-state index >= 15 is 0 Å². The highest BCUT2D eigenvalue weighted by atomic mass is 16.6. The molecular formula is C13H17NO6. The summed E-state index contributed by atoms with van der Waals surface area (Å²) in [7, 11) is 0. The van der Waals surface area contributed by atoms with Crippen LogP contribution in [0.3, 0.4) is 0 Å². The Kier molecular flexibility index (Phi) is 4.69. The zero-order valence-electron chi connectivity index (χ0n) is 10.6. The Morgan fingerprint density at radius 2 is 1.80 bits per heavy atom. The number of carbonyl (C=O) groups is 1. The average Bonchev–Trinajstić information content (AvgIpc) is 2.48. The minimum atomic E-state index is -1.52. The molecule has 5 N–H and O–H groups in total. The first kappa shape index (κ1) is 14.9. The van der Waals surface area contributed by atoms with Gasteiger partial charge in [0.2, 0.25) is 0 Å². The highest BCUT2D eigenvalue weighted by Gasteiger charge is 2.44. The fourth-order valence-electron chi connectivity index (χ4n) is 2.08. The van der Waals surface area contributed by atoms with Gasteiger partial charge in [-0.05, 0) is 12.1 Å². The van der Waals surface area contributed by atoms with Crippen LogP contribution in [0.5, 0.6) is 0 Å². The molecule has 0 radical (unpaired) electrons. The van der Waals surface area contributed by atoms with Gasteiger partial charge in [0, 0.05) is 5.56 Å². The van der Waals surface area contributed by atoms with E-state index in [1.165, 1.54) is 0 Å². The summed E-state index contributed by atoms with van der Waals surface area (Å²) in [4.78, 5) is 11.9. The van der Waals surface area contributed by atoms with Gasteiger partial charge in [0.1, 0.15) is 24.4 Å². The molecule has 1 heterocycles. The number of ether oxygens (including phenoxy) is 1. The van der Waals surface area contributed by atoms with E-state index in [2.05, 4.69) is 5.32 Å². The van der Waals surface area contributed by atoms with Crippen molar-refractivity contribution in [2.75, 3.05) is 6.61 Å². The second kappa shape index (κ2) is 6.29. The molecule has 0 aromatic heterocycles. The van der Waals surface area contributed by atoms with Crippen molar-refractivity contribution < 1.29 is 30.0 Å². The molecule has 5 atom stereocenters. The molecule has 3 unspecified atom stereocenters. The van der Waals surface area contributed by atoms with Gasteiger partial charge in [0.25, 0.3) is 5.91 Å². The van der Waals surface area contributed by atoms with Crippen molar-refractivity contribution in [1.82, 2.24) is 5.32 Å². The van der Waals surface area contributed by atoms with E-state index in [4.69, 9.17) is 9.84 Å². The molecule has 1 aliphatic heterocycles. The smallest absolute Gasteiger partial charge is 0.251 e. The molecule has 0 aliphatic carbocycles. The minimum Gasteiger partial charge on any atom is -0.394 e. The Hall–Kier alpha value is -1.51. The second-order valence-corrected chi connectivity index (χ2v) is 4.59. The third kappa shape index (κ3) is 2.97. The molecule has 7 heteroatoms. The molecule has 0 bridgehead atoms. The first-order valence-electron chi connectivity index (χ1n) is 6.21. The van der Waals surface area contributed by atoms with Crippen molar-refractivity contribution in [1.29, 1.82) is 0 Å². The van der Waals surface area contributed by atoms with Crippen molar-refractivity contribution in [2.24, 2.45) is 0 Å². The van der Waals surface area contributed by atoms with Crippen molar-refractivity contribution in [3.05, 3.63) is 35.9 Å². The Morgan fingerprint density at radius 3 is 2.40 bits per heavy atom. The molecule has 20 heavy (non-hydrogen) atoms. The number of aliphatic hydroxyl groups is 4. The van der Waals surface area contributed by atoms with Gasteiger partial charge in [-0.15, -0.1) is 0 Å². The minimum absolute atomic E-state index is 0.352. The van der Waals surface area contributed by atoms with Gasteiger partial charge in [-0.1, -0.05) is 18.2 Å². The van der Waals surface area contributed by atoms with Crippen LogP contribution in [0.4, 0.5) is 0 Å². The number of rotatable bonds is 3. The van der Waals surface area contributed by atoms with Gasteiger partial charge in [0.15, 0.2) is 6.29 Å². The largest absolute Gasteiger partial charge is 0.394 e. The molecule has 0 saturated carbocycles. The van der Waals surface area contributed by atoms with E-state index in [1.54, 1.807) is 30.3 Å². The SMILES string of the molecule is O=C(NC1C(O)[C@H](O)C(CO)O[C@H]1O)c1ccccc1. The zero-order valence-corrected chi connectivity index (χ0v) is 10.6. The lowest BCUT2D eigenvalue weighted by atomic mass is 9.97. The molecule has 110 valence electrons. The number of aliphatic hydroxyl groups excluding tert-OH is 4. The fourth-order valence-corrected chi connectivity index (χ4v) is 2.08. The zero-order chi connectivity index (χ0) is 14.7. The second-order valence-electron chi connectivity index (χ2n) is 4.59. The number of benzene rings is 1. The van der Waals surface area contributed by atoms with Crippen LogP contribution in [0.25, 0.3) is 0 Å². The number of nitrogens with one attached hydrogen (secondary N) is 1. The summed E-state index contributed by atoms with van der Waals surface area (Å²) in [5.74, 6) is -0.507. The highest BCUT2D eigenvalue weighted by Crippen LogP contribution is 2.20. The Bertz CT molecular complexity index is 453. The number of hydrogen-bond acceptors (Lipinski definition) is 6. The fraction of sp³-hybridized carbons (Fsp3) is 0.462. The molecule has 2 rings (SSSR count). The standard InChI is InChI=1S/C13H17NO6/c15-6-8-10(16)11(17)9(13(19)20-8)14-12(18)7-4-2-1-3-5-7/h1-5,8-11,13,15-17,19H,6H2,(H,14,18)/t8?,9?,10-,11?,13-/m1/s1. The summed E-state index contributed by atoms with van der Waals surface area (Å²) in [6.07, 6.45) is -5.45. The van der Waals surface area contributed by atoms with Crippen LogP contribution in [0.1, 0.15) is 10.4 Å². The molecule has 1 fully saturated rings. The predicted molar refractivity (Wildman–Crippen MR) is 67.7 cm³/mol. The summed E-state index contributed by atoms with van der Waals surface area (Å²) in [6.45, 7) is -0.547. The van der Waals surface area contributed by atoms with Crippen molar-refractivity contribution in [3.63, 3.8) is 0 Å². The lowest BCUT2D eigenvalue weighted by Crippen LogP contribution is -2.64. The Balaban J connectivity index is 2.07. The Labute approximate surface area is 115 Å². The van der Waals surface area contributed by atoms with Crippen LogP contribution >= 0.6 is 0 Å². The van der Waals surface area contributed by atoms with Crippen LogP contribution in [-0.4, -0.2) is 63.6 Å². The van der Waals surface area contributed by atoms with Gasteiger partial charge in [-0.25, -0.2) is 0 Å². The van der Waals surface area contributed by atoms with Gasteiger partial charge in [-0.2, -0.15) is 0 Å². The summed E-state index contributed by atoms with van der Waals surface area (Å²) in [5, 5.41) is 40.7. The Morgan fingerprint density at radius 1 is 1.15 bits per heavy atom. The van der Waals surface area contributed by atoms with E-state index in [9.17, 15) is 20.1 Å². The van der Waals surface area contributed by atoms with Crippen LogP contribution in [-0.2, 0) is 4.74 Å². The van der Waals surface area contributed by atoms with Gasteiger partial charge in [-0.3, -0.25) is 4.79 Å². The van der Waals surface area contributed by atoms with Crippen molar-refractivity contribution in [2.45, 2.75) is 30.6 Å². The molecule has 1 aliphatic rings. The lowest BCUT2D eigenvalue weighted by molar-refractivity contribution is -0.252. The van der Waals surface area contributed by atoms with E-state index < -0.39 is 43.2 Å². The van der Waals surface area contributed by atoms with E-state index in [-0.39, 0.29) is 0 Å². The highest BCUT2D eigenvalue weighted by molar-refractivity contribution is 5.94. The van der Waals surface area contributed by atoms with Crippen LogP contribution in [0.2, 0.25) is 0 Å².